The van der Waals surface area contributed by atoms with Crippen LogP contribution in [0.1, 0.15) is 105 Å². The van der Waals surface area contributed by atoms with Crippen molar-refractivity contribution in [2.24, 2.45) is 11.8 Å². The molecule has 2 aliphatic carbocycles. The molecule has 0 aliphatic heterocycles. The normalized spacial score (nSPS) is 22.9. The molecule has 0 spiro atoms. The zero-order chi connectivity index (χ0) is 23.7. The van der Waals surface area contributed by atoms with Crippen molar-refractivity contribution in [3.63, 3.8) is 0 Å². The number of hydrogen-bond acceptors (Lipinski definition) is 5. The molecule has 2 saturated carbocycles. The first-order valence-corrected chi connectivity index (χ1v) is 12.5. The Hall–Kier alpha value is -1.79. The first kappa shape index (κ1) is 26.5. The van der Waals surface area contributed by atoms with Gasteiger partial charge in [-0.1, -0.05) is 13.8 Å². The van der Waals surface area contributed by atoms with Gasteiger partial charge in [0.05, 0.1) is 0 Å². The maximum Gasteiger partial charge on any atom is 0.407 e. The number of rotatable bonds is 9. The van der Waals surface area contributed by atoms with E-state index >= 15 is 0 Å². The Bertz CT molecular complexity index is 614. The largest absolute Gasteiger partial charge is 0.461 e. The fourth-order valence-electron chi connectivity index (χ4n) is 4.61. The predicted molar refractivity (Wildman–Crippen MR) is 124 cm³/mol. The maximum atomic E-state index is 12.6. The van der Waals surface area contributed by atoms with Crippen LogP contribution in [-0.2, 0) is 19.1 Å². The van der Waals surface area contributed by atoms with E-state index in [1.807, 2.05) is 34.6 Å². The molecule has 2 N–H and O–H groups in total. The van der Waals surface area contributed by atoms with Crippen LogP contribution in [0.3, 0.4) is 0 Å². The Balaban J connectivity index is 1.70. The fourth-order valence-corrected chi connectivity index (χ4v) is 4.61. The lowest BCUT2D eigenvalue weighted by Crippen LogP contribution is -2.44. The Kier molecular flexibility index (Phi) is 10.3. The molecule has 0 heterocycles. The van der Waals surface area contributed by atoms with E-state index in [2.05, 4.69) is 10.6 Å². The van der Waals surface area contributed by atoms with Crippen LogP contribution in [0.25, 0.3) is 0 Å². The lowest BCUT2D eigenvalue weighted by atomic mass is 9.83. The Labute approximate surface area is 193 Å². The number of nitrogens with one attached hydrogen (secondary N) is 2. The number of alkyl carbamates (subject to hydrolysis) is 1. The third-order valence-electron chi connectivity index (χ3n) is 6.26. The van der Waals surface area contributed by atoms with Gasteiger partial charge >= 0.3 is 12.1 Å². The van der Waals surface area contributed by atoms with Crippen LogP contribution in [0, 0.1) is 11.8 Å². The van der Waals surface area contributed by atoms with Crippen molar-refractivity contribution in [2.75, 3.05) is 0 Å². The monoisotopic (exact) mass is 452 g/mol. The zero-order valence-corrected chi connectivity index (χ0v) is 20.7. The van der Waals surface area contributed by atoms with Crippen molar-refractivity contribution in [3.8, 4) is 0 Å². The van der Waals surface area contributed by atoms with Crippen LogP contribution in [-0.4, -0.2) is 41.8 Å². The third kappa shape index (κ3) is 10.2. The van der Waals surface area contributed by atoms with E-state index in [1.54, 1.807) is 0 Å². The van der Waals surface area contributed by atoms with Crippen LogP contribution in [0.15, 0.2) is 0 Å². The fraction of sp³-hybridized carbons (Fsp3) is 0.880. The molecule has 0 aromatic heterocycles. The van der Waals surface area contributed by atoms with E-state index in [9.17, 15) is 14.4 Å². The predicted octanol–water partition coefficient (Wildman–Crippen LogP) is 4.87. The van der Waals surface area contributed by atoms with Crippen molar-refractivity contribution < 1.29 is 23.9 Å². The highest BCUT2D eigenvalue weighted by Crippen LogP contribution is 2.28. The second-order valence-corrected chi connectivity index (χ2v) is 11.0. The molecule has 7 nitrogen and oxygen atoms in total. The van der Waals surface area contributed by atoms with Gasteiger partial charge in [0.1, 0.15) is 17.7 Å². The van der Waals surface area contributed by atoms with Gasteiger partial charge in [0, 0.05) is 12.5 Å². The summed E-state index contributed by atoms with van der Waals surface area (Å²) in [5.41, 5.74) is -0.494. The van der Waals surface area contributed by atoms with Crippen molar-refractivity contribution in [3.05, 3.63) is 0 Å². The van der Waals surface area contributed by atoms with E-state index in [1.165, 1.54) is 0 Å². The highest BCUT2D eigenvalue weighted by atomic mass is 16.6. The van der Waals surface area contributed by atoms with Gasteiger partial charge in [0.15, 0.2) is 0 Å². The van der Waals surface area contributed by atoms with Gasteiger partial charge in [-0.2, -0.15) is 0 Å². The lowest BCUT2D eigenvalue weighted by Gasteiger charge is -2.30. The second kappa shape index (κ2) is 12.4. The van der Waals surface area contributed by atoms with Crippen molar-refractivity contribution in [2.45, 2.75) is 129 Å². The van der Waals surface area contributed by atoms with Gasteiger partial charge in [0.25, 0.3) is 0 Å². The lowest BCUT2D eigenvalue weighted by molar-refractivity contribution is -0.153. The van der Waals surface area contributed by atoms with Gasteiger partial charge in [0.2, 0.25) is 5.91 Å². The first-order chi connectivity index (χ1) is 15.0. The van der Waals surface area contributed by atoms with Crippen LogP contribution < -0.4 is 10.6 Å². The first-order valence-electron chi connectivity index (χ1n) is 12.5. The van der Waals surface area contributed by atoms with Gasteiger partial charge in [-0.05, 0) is 96.8 Å². The maximum absolute atomic E-state index is 12.6. The van der Waals surface area contributed by atoms with E-state index < -0.39 is 11.6 Å². The van der Waals surface area contributed by atoms with Crippen molar-refractivity contribution >= 4 is 18.0 Å². The van der Waals surface area contributed by atoms with Crippen LogP contribution in [0.2, 0.25) is 0 Å². The SMILES string of the molecule is CC(C)C[C@H](NC(=O)CC[C@H]1CC[C@@H](NC(=O)OC(C)(C)C)CC1)C(=O)OC1CCCC1. The number of ether oxygens (including phenoxy) is 2. The molecule has 0 saturated heterocycles. The van der Waals surface area contributed by atoms with E-state index in [4.69, 9.17) is 9.47 Å². The second-order valence-electron chi connectivity index (χ2n) is 11.0. The Morgan fingerprint density at radius 2 is 1.59 bits per heavy atom. The summed E-state index contributed by atoms with van der Waals surface area (Å²) in [6.07, 6.45) is 9.29. The quantitative estimate of drug-likeness (QED) is 0.487. The molecule has 2 fully saturated rings. The summed E-state index contributed by atoms with van der Waals surface area (Å²) in [5, 5.41) is 5.89. The smallest absolute Gasteiger partial charge is 0.407 e. The number of carbonyl (C=O) groups is 3. The molecule has 2 amide bonds. The minimum absolute atomic E-state index is 0.0125. The Morgan fingerprint density at radius 1 is 0.969 bits per heavy atom. The standard InChI is InChI=1S/C25H44N2O5/c1-17(2)16-21(23(29)31-20-8-6-7-9-20)27-22(28)15-12-18-10-13-19(14-11-18)26-24(30)32-25(3,4)5/h17-21H,6-16H2,1-5H3,(H,26,30)(H,27,28)/t18-,19+,21-/m0/s1. The summed E-state index contributed by atoms with van der Waals surface area (Å²) in [6.45, 7) is 9.66. The molecule has 1 atom stereocenters. The number of amides is 2. The number of hydrogen-bond donors (Lipinski definition) is 2. The highest BCUT2D eigenvalue weighted by Gasteiger charge is 2.29. The molecular weight excluding hydrogens is 408 g/mol. The van der Waals surface area contributed by atoms with E-state index in [0.717, 1.165) is 57.8 Å². The molecule has 2 rings (SSSR count). The van der Waals surface area contributed by atoms with Crippen LogP contribution in [0.5, 0.6) is 0 Å². The summed E-state index contributed by atoms with van der Waals surface area (Å²) in [7, 11) is 0. The molecule has 0 aromatic carbocycles. The van der Waals surface area contributed by atoms with Crippen molar-refractivity contribution in [1.29, 1.82) is 0 Å². The average molecular weight is 453 g/mol. The minimum atomic E-state index is -0.558. The summed E-state index contributed by atoms with van der Waals surface area (Å²) < 4.78 is 11.0. The van der Waals surface area contributed by atoms with Gasteiger partial charge < -0.3 is 20.1 Å². The van der Waals surface area contributed by atoms with Gasteiger partial charge in [-0.25, -0.2) is 9.59 Å². The van der Waals surface area contributed by atoms with E-state index in [-0.39, 0.29) is 30.1 Å². The summed E-state index contributed by atoms with van der Waals surface area (Å²) in [5.74, 6) is 0.399. The van der Waals surface area contributed by atoms with Crippen molar-refractivity contribution in [1.82, 2.24) is 10.6 Å². The molecule has 2 aliphatic rings. The molecule has 0 bridgehead atoms. The third-order valence-corrected chi connectivity index (χ3v) is 6.26. The van der Waals surface area contributed by atoms with E-state index in [0.29, 0.717) is 24.7 Å². The minimum Gasteiger partial charge on any atom is -0.461 e. The average Bonchev–Trinajstić information content (AvgIpc) is 3.18. The molecule has 32 heavy (non-hydrogen) atoms. The Morgan fingerprint density at radius 3 is 2.16 bits per heavy atom. The zero-order valence-electron chi connectivity index (χ0n) is 20.7. The molecular formula is C25H44N2O5. The van der Waals surface area contributed by atoms with Gasteiger partial charge in [-0.15, -0.1) is 0 Å². The molecule has 0 radical (unpaired) electrons. The van der Waals surface area contributed by atoms with Crippen LogP contribution >= 0.6 is 0 Å². The molecule has 7 heteroatoms. The topological polar surface area (TPSA) is 93.7 Å². The molecule has 0 unspecified atom stereocenters. The van der Waals surface area contributed by atoms with Gasteiger partial charge in [-0.3, -0.25) is 4.79 Å². The van der Waals surface area contributed by atoms with Crippen LogP contribution in [0.4, 0.5) is 4.79 Å². The summed E-state index contributed by atoms with van der Waals surface area (Å²) in [6, 6.07) is -0.424. The summed E-state index contributed by atoms with van der Waals surface area (Å²) in [4.78, 5) is 37.1. The highest BCUT2D eigenvalue weighted by molar-refractivity contribution is 5.84. The number of esters is 1. The molecule has 0 aromatic rings. The number of carbonyl (C=O) groups excluding carboxylic acids is 3. The summed E-state index contributed by atoms with van der Waals surface area (Å²) >= 11 is 0. The molecule has 184 valence electrons.